The van der Waals surface area contributed by atoms with Crippen molar-refractivity contribution in [2.24, 2.45) is 5.92 Å². The third kappa shape index (κ3) is 3.82. The Balaban J connectivity index is 2.02. The smallest absolute Gasteiger partial charge is 0.354 e. The van der Waals surface area contributed by atoms with Gasteiger partial charge in [0.2, 0.25) is 5.91 Å². The summed E-state index contributed by atoms with van der Waals surface area (Å²) in [7, 11) is 1.98. The molecule has 0 aromatic carbocycles. The number of hydrogen-bond acceptors (Lipinski definition) is 3. The zero-order valence-electron chi connectivity index (χ0n) is 11.0. The van der Waals surface area contributed by atoms with Crippen LogP contribution in [0.1, 0.15) is 12.8 Å². The topological polar surface area (TPSA) is 35.6 Å². The molecule has 0 radical (unpaired) electrons. The lowest BCUT2D eigenvalue weighted by Gasteiger charge is -2.32. The van der Waals surface area contributed by atoms with Crippen LogP contribution in [0.25, 0.3) is 0 Å². The van der Waals surface area contributed by atoms with Gasteiger partial charge in [-0.1, -0.05) is 0 Å². The zero-order valence-corrected chi connectivity index (χ0v) is 11.0. The Morgan fingerprint density at radius 3 is 2.68 bits per heavy atom. The maximum Gasteiger partial charge on any atom is 0.405 e. The summed E-state index contributed by atoms with van der Waals surface area (Å²) in [6.45, 7) is 2.05. The van der Waals surface area contributed by atoms with Gasteiger partial charge in [-0.05, 0) is 25.9 Å². The number of carbonyl (C=O) groups is 1. The summed E-state index contributed by atoms with van der Waals surface area (Å²) in [5.41, 5.74) is 0. The molecule has 0 saturated carbocycles. The first-order chi connectivity index (χ1) is 8.86. The number of rotatable bonds is 2. The number of likely N-dealkylation sites (tertiary alicyclic amines) is 1. The van der Waals surface area contributed by atoms with Crippen LogP contribution in [0.4, 0.5) is 13.2 Å². The minimum absolute atomic E-state index is 0.148. The fourth-order valence-corrected chi connectivity index (χ4v) is 2.88. The Morgan fingerprint density at radius 1 is 1.37 bits per heavy atom. The molecule has 110 valence electrons. The lowest BCUT2D eigenvalue weighted by atomic mass is 10.1. The van der Waals surface area contributed by atoms with E-state index in [2.05, 4.69) is 10.2 Å². The third-order valence-electron chi connectivity index (χ3n) is 3.92. The molecule has 0 aliphatic carbocycles. The second-order valence-electron chi connectivity index (χ2n) is 5.52. The van der Waals surface area contributed by atoms with Gasteiger partial charge >= 0.3 is 6.18 Å². The first-order valence-corrected chi connectivity index (χ1v) is 6.62. The Kier molecular flexibility index (Phi) is 4.35. The summed E-state index contributed by atoms with van der Waals surface area (Å²) < 4.78 is 39.1. The number of halogens is 3. The van der Waals surface area contributed by atoms with Gasteiger partial charge in [-0.2, -0.15) is 13.2 Å². The minimum Gasteiger partial charge on any atom is -0.354 e. The SMILES string of the molecule is CN1CCC(CN2CCC(=O)NCC2C(F)(F)F)C1. The van der Waals surface area contributed by atoms with Gasteiger partial charge in [0.15, 0.2) is 0 Å². The van der Waals surface area contributed by atoms with Crippen LogP contribution < -0.4 is 5.32 Å². The summed E-state index contributed by atoms with van der Waals surface area (Å²) in [4.78, 5) is 14.8. The molecule has 2 heterocycles. The number of alkyl halides is 3. The minimum atomic E-state index is -4.29. The van der Waals surface area contributed by atoms with Crippen LogP contribution in [-0.4, -0.2) is 67.7 Å². The highest BCUT2D eigenvalue weighted by Crippen LogP contribution is 2.27. The van der Waals surface area contributed by atoms with Crippen molar-refractivity contribution in [2.75, 3.05) is 39.8 Å². The molecule has 0 bridgehead atoms. The monoisotopic (exact) mass is 279 g/mol. The highest BCUT2D eigenvalue weighted by atomic mass is 19.4. The van der Waals surface area contributed by atoms with Gasteiger partial charge in [0, 0.05) is 32.6 Å². The standard InChI is InChI=1S/C12H20F3N3O/c1-17-4-2-9(7-17)8-18-5-3-11(19)16-6-10(18)12(13,14)15/h9-10H,2-8H2,1H3,(H,16,19). The second kappa shape index (κ2) is 5.66. The average Bonchev–Trinajstić information content (AvgIpc) is 2.59. The Morgan fingerprint density at radius 2 is 2.11 bits per heavy atom. The van der Waals surface area contributed by atoms with Crippen LogP contribution in [-0.2, 0) is 4.79 Å². The van der Waals surface area contributed by atoms with E-state index in [9.17, 15) is 18.0 Å². The molecular formula is C12H20F3N3O. The number of amides is 1. The number of nitrogens with zero attached hydrogens (tertiary/aromatic N) is 2. The molecule has 0 spiro atoms. The molecule has 2 aliphatic rings. The maximum absolute atomic E-state index is 13.0. The van der Waals surface area contributed by atoms with Gasteiger partial charge in [-0.25, -0.2) is 0 Å². The fourth-order valence-electron chi connectivity index (χ4n) is 2.88. The van der Waals surface area contributed by atoms with E-state index in [1.807, 2.05) is 7.05 Å². The number of carbonyl (C=O) groups excluding carboxylic acids is 1. The summed E-state index contributed by atoms with van der Waals surface area (Å²) in [6.07, 6.45) is -3.21. The highest BCUT2D eigenvalue weighted by molar-refractivity contribution is 5.76. The van der Waals surface area contributed by atoms with Crippen molar-refractivity contribution in [2.45, 2.75) is 25.1 Å². The van der Waals surface area contributed by atoms with E-state index >= 15 is 0 Å². The van der Waals surface area contributed by atoms with E-state index in [-0.39, 0.29) is 31.3 Å². The van der Waals surface area contributed by atoms with E-state index in [0.717, 1.165) is 19.5 Å². The van der Waals surface area contributed by atoms with Gasteiger partial charge in [0.25, 0.3) is 0 Å². The van der Waals surface area contributed by atoms with E-state index < -0.39 is 12.2 Å². The molecule has 1 amide bonds. The van der Waals surface area contributed by atoms with Crippen LogP contribution in [0.5, 0.6) is 0 Å². The molecule has 4 nitrogen and oxygen atoms in total. The average molecular weight is 279 g/mol. The van der Waals surface area contributed by atoms with Gasteiger partial charge in [-0.3, -0.25) is 9.69 Å². The van der Waals surface area contributed by atoms with Crippen molar-refractivity contribution < 1.29 is 18.0 Å². The molecule has 1 N–H and O–H groups in total. The predicted octanol–water partition coefficient (Wildman–Crippen LogP) is 0.691. The van der Waals surface area contributed by atoms with Crippen molar-refractivity contribution in [1.82, 2.24) is 15.1 Å². The second-order valence-corrected chi connectivity index (χ2v) is 5.52. The van der Waals surface area contributed by atoms with E-state index in [4.69, 9.17) is 0 Å². The summed E-state index contributed by atoms with van der Waals surface area (Å²) in [6, 6.07) is -1.55. The fraction of sp³-hybridized carbons (Fsp3) is 0.917. The van der Waals surface area contributed by atoms with Crippen LogP contribution in [0.3, 0.4) is 0 Å². The molecule has 7 heteroatoms. The van der Waals surface area contributed by atoms with Crippen molar-refractivity contribution in [3.05, 3.63) is 0 Å². The molecular weight excluding hydrogens is 259 g/mol. The van der Waals surface area contributed by atoms with Crippen molar-refractivity contribution in [3.8, 4) is 0 Å². The van der Waals surface area contributed by atoms with Crippen LogP contribution in [0.2, 0.25) is 0 Å². The summed E-state index contributed by atoms with van der Waals surface area (Å²) in [5.74, 6) is -0.0247. The normalized spacial score (nSPS) is 31.3. The van der Waals surface area contributed by atoms with Gasteiger partial charge in [0.1, 0.15) is 6.04 Å². The maximum atomic E-state index is 13.0. The molecule has 2 atom stereocenters. The summed E-state index contributed by atoms with van der Waals surface area (Å²) >= 11 is 0. The molecule has 2 fully saturated rings. The first kappa shape index (κ1) is 14.6. The summed E-state index contributed by atoms with van der Waals surface area (Å²) in [5, 5.41) is 2.35. The van der Waals surface area contributed by atoms with Gasteiger partial charge < -0.3 is 10.2 Å². The largest absolute Gasteiger partial charge is 0.405 e. The van der Waals surface area contributed by atoms with Crippen LogP contribution in [0.15, 0.2) is 0 Å². The van der Waals surface area contributed by atoms with Crippen molar-refractivity contribution in [1.29, 1.82) is 0 Å². The highest BCUT2D eigenvalue weighted by Gasteiger charge is 2.45. The molecule has 19 heavy (non-hydrogen) atoms. The molecule has 0 aromatic rings. The Labute approximate surface area is 110 Å². The number of hydrogen-bond donors (Lipinski definition) is 1. The third-order valence-corrected chi connectivity index (χ3v) is 3.92. The quantitative estimate of drug-likeness (QED) is 0.808. The predicted molar refractivity (Wildman–Crippen MR) is 64.6 cm³/mol. The van der Waals surface area contributed by atoms with Crippen LogP contribution in [0, 0.1) is 5.92 Å². The Bertz CT molecular complexity index is 335. The molecule has 2 rings (SSSR count). The number of nitrogens with one attached hydrogen (secondary N) is 1. The molecule has 2 unspecified atom stereocenters. The van der Waals surface area contributed by atoms with E-state index in [1.165, 1.54) is 4.90 Å². The van der Waals surface area contributed by atoms with Crippen molar-refractivity contribution >= 4 is 5.91 Å². The van der Waals surface area contributed by atoms with Gasteiger partial charge in [0.05, 0.1) is 0 Å². The lowest BCUT2D eigenvalue weighted by Crippen LogP contribution is -2.51. The van der Waals surface area contributed by atoms with Gasteiger partial charge in [-0.15, -0.1) is 0 Å². The van der Waals surface area contributed by atoms with Crippen LogP contribution >= 0.6 is 0 Å². The molecule has 0 aromatic heterocycles. The first-order valence-electron chi connectivity index (χ1n) is 6.62. The molecule has 2 aliphatic heterocycles. The zero-order chi connectivity index (χ0) is 14.0. The Hall–Kier alpha value is -0.820. The van der Waals surface area contributed by atoms with E-state index in [0.29, 0.717) is 6.54 Å². The lowest BCUT2D eigenvalue weighted by molar-refractivity contribution is -0.182. The van der Waals surface area contributed by atoms with E-state index in [1.54, 1.807) is 0 Å². The molecule has 2 saturated heterocycles. The van der Waals surface area contributed by atoms with Crippen molar-refractivity contribution in [3.63, 3.8) is 0 Å².